The van der Waals surface area contributed by atoms with Crippen LogP contribution in [0.4, 0.5) is 0 Å². The van der Waals surface area contributed by atoms with Crippen LogP contribution < -0.4 is 0 Å². The van der Waals surface area contributed by atoms with Crippen LogP contribution in [0, 0.1) is 35.5 Å². The lowest BCUT2D eigenvalue weighted by Crippen LogP contribution is -2.65. The van der Waals surface area contributed by atoms with E-state index >= 15 is 0 Å². The summed E-state index contributed by atoms with van der Waals surface area (Å²) in [7, 11) is 3.19. The highest BCUT2D eigenvalue weighted by Gasteiger charge is 2.63. The van der Waals surface area contributed by atoms with Crippen LogP contribution in [0.5, 0.6) is 0 Å². The molecule has 0 radical (unpaired) electrons. The Bertz CT molecular complexity index is 967. The van der Waals surface area contributed by atoms with E-state index < -0.39 is 67.3 Å². The van der Waals surface area contributed by atoms with Crippen LogP contribution >= 0.6 is 0 Å². The molecule has 7 fully saturated rings. The van der Waals surface area contributed by atoms with Crippen molar-refractivity contribution in [1.82, 2.24) is 0 Å². The zero-order valence-electron chi connectivity index (χ0n) is 24.3. The third-order valence-corrected chi connectivity index (χ3v) is 11.2. The molecule has 0 bridgehead atoms. The number of aliphatic hydroxyl groups is 3. The van der Waals surface area contributed by atoms with Gasteiger partial charge in [0.05, 0.1) is 49.7 Å². The van der Waals surface area contributed by atoms with Crippen LogP contribution in [0.2, 0.25) is 0 Å². The summed E-state index contributed by atoms with van der Waals surface area (Å²) in [6.45, 7) is 2.35. The first-order valence-electron chi connectivity index (χ1n) is 15.4. The number of rotatable bonds is 5. The summed E-state index contributed by atoms with van der Waals surface area (Å²) in [6.07, 6.45) is -5.32. The summed E-state index contributed by atoms with van der Waals surface area (Å²) >= 11 is 0. The van der Waals surface area contributed by atoms with Gasteiger partial charge in [-0.1, -0.05) is 0 Å². The fourth-order valence-electron chi connectivity index (χ4n) is 9.26. The number of carbonyl (C=O) groups is 1. The number of carbonyl (C=O) groups excluding carboxylic acids is 1. The van der Waals surface area contributed by atoms with Crippen LogP contribution in [0.3, 0.4) is 0 Å². The normalized spacial score (nSPS) is 55.7. The number of hydrogen-bond acceptors (Lipinski definition) is 13. The molecule has 3 saturated carbocycles. The van der Waals surface area contributed by atoms with Crippen molar-refractivity contribution >= 4 is 5.97 Å². The summed E-state index contributed by atoms with van der Waals surface area (Å²) in [6, 6.07) is 0. The molecule has 0 amide bonds. The second kappa shape index (κ2) is 11.8. The maximum atomic E-state index is 13.5. The Hall–Kier alpha value is -0.970. The van der Waals surface area contributed by atoms with E-state index in [1.54, 1.807) is 21.1 Å². The van der Waals surface area contributed by atoms with Gasteiger partial charge in [-0.3, -0.25) is 4.79 Å². The van der Waals surface area contributed by atoms with E-state index in [0.29, 0.717) is 25.7 Å². The minimum atomic E-state index is -1.35. The maximum Gasteiger partial charge on any atom is 0.309 e. The predicted molar refractivity (Wildman–Crippen MR) is 138 cm³/mol. The minimum Gasteiger partial charge on any atom is -0.465 e. The number of ether oxygens (including phenoxy) is 9. The van der Waals surface area contributed by atoms with Crippen molar-refractivity contribution in [3.05, 3.63) is 0 Å². The van der Waals surface area contributed by atoms with Gasteiger partial charge in [0.15, 0.2) is 12.6 Å². The van der Waals surface area contributed by atoms with Gasteiger partial charge < -0.3 is 58.0 Å². The number of methoxy groups -OCH3 is 2. The molecular weight excluding hydrogens is 556 g/mol. The van der Waals surface area contributed by atoms with Crippen molar-refractivity contribution in [2.45, 2.75) is 106 Å². The van der Waals surface area contributed by atoms with Gasteiger partial charge in [0.2, 0.25) is 0 Å². The highest BCUT2D eigenvalue weighted by molar-refractivity contribution is 5.75. The van der Waals surface area contributed by atoms with Gasteiger partial charge in [0.25, 0.3) is 0 Å². The molecule has 10 unspecified atom stereocenters. The largest absolute Gasteiger partial charge is 0.465 e. The first-order chi connectivity index (χ1) is 20.3. The number of hydrogen-bond donors (Lipinski definition) is 3. The van der Waals surface area contributed by atoms with Gasteiger partial charge in [-0.15, -0.1) is 0 Å². The molecule has 3 N–H and O–H groups in total. The van der Waals surface area contributed by atoms with Gasteiger partial charge in [0.1, 0.15) is 37.3 Å². The van der Waals surface area contributed by atoms with E-state index in [1.165, 1.54) is 0 Å². The average molecular weight is 601 g/mol. The monoisotopic (exact) mass is 600 g/mol. The summed E-state index contributed by atoms with van der Waals surface area (Å²) in [5, 5.41) is 32.9. The Labute approximate surface area is 244 Å². The Kier molecular flexibility index (Phi) is 8.32. The van der Waals surface area contributed by atoms with Gasteiger partial charge in [-0.25, -0.2) is 0 Å². The smallest absolute Gasteiger partial charge is 0.309 e. The molecule has 0 aromatic carbocycles. The fourth-order valence-corrected chi connectivity index (χ4v) is 9.26. The lowest BCUT2D eigenvalue weighted by Gasteiger charge is -2.56. The van der Waals surface area contributed by atoms with Gasteiger partial charge in [0, 0.05) is 20.1 Å². The second-order valence-electron chi connectivity index (χ2n) is 13.1. The van der Waals surface area contributed by atoms with Crippen LogP contribution in [-0.2, 0) is 47.4 Å². The van der Waals surface area contributed by atoms with Gasteiger partial charge >= 0.3 is 5.97 Å². The second-order valence-corrected chi connectivity index (χ2v) is 13.1. The fraction of sp³-hybridized carbons (Fsp3) is 0.966. The first kappa shape index (κ1) is 29.7. The number of cyclic esters (lactones) is 1. The molecule has 3 aliphatic carbocycles. The van der Waals surface area contributed by atoms with Crippen molar-refractivity contribution in [3.8, 4) is 0 Å². The summed E-state index contributed by atoms with van der Waals surface area (Å²) in [5.41, 5.74) is 0. The average Bonchev–Trinajstić information content (AvgIpc) is 3.61. The molecule has 0 aromatic rings. The highest BCUT2D eigenvalue weighted by atomic mass is 16.8. The highest BCUT2D eigenvalue weighted by Crippen LogP contribution is 2.58. The third-order valence-electron chi connectivity index (χ3n) is 11.2. The lowest BCUT2D eigenvalue weighted by atomic mass is 9.52. The van der Waals surface area contributed by atoms with E-state index in [1.807, 2.05) is 0 Å². The molecule has 4 saturated heterocycles. The minimum absolute atomic E-state index is 0.0145. The van der Waals surface area contributed by atoms with E-state index in [2.05, 4.69) is 0 Å². The summed E-state index contributed by atoms with van der Waals surface area (Å²) in [4.78, 5) is 13.5. The van der Waals surface area contributed by atoms with E-state index in [-0.39, 0.29) is 67.8 Å². The number of fused-ring (bicyclic) bond motifs is 4. The van der Waals surface area contributed by atoms with Crippen molar-refractivity contribution in [1.29, 1.82) is 0 Å². The molecule has 238 valence electrons. The first-order valence-corrected chi connectivity index (χ1v) is 15.4. The van der Waals surface area contributed by atoms with E-state index in [9.17, 15) is 20.1 Å². The molecule has 0 spiro atoms. The standard InChI is InChI=1S/C29H44O13/c1-11-36-9-20-27(40-11)24(31)25(32)29(41-20)42-26-14-7-17-16(38-10-39-17)6-13(14)21(22-15(26)8-37-28(22)33)12-4-18(34-2)23(30)19(5-12)35-3/h11-27,29-32H,4-10H2,1-3H3/t11?,12?,13?,14?,15?,16?,17?,18?,19?,20-,21-,22+,23?,24-,25-,26?,27-,29?/m1/s1. The zero-order valence-corrected chi connectivity index (χ0v) is 24.3. The lowest BCUT2D eigenvalue weighted by molar-refractivity contribution is -0.369. The van der Waals surface area contributed by atoms with Crippen molar-refractivity contribution in [2.24, 2.45) is 35.5 Å². The van der Waals surface area contributed by atoms with Crippen LogP contribution in [0.15, 0.2) is 0 Å². The van der Waals surface area contributed by atoms with Crippen molar-refractivity contribution in [3.63, 3.8) is 0 Å². The Morgan fingerprint density at radius 3 is 2.14 bits per heavy atom. The van der Waals surface area contributed by atoms with E-state index in [0.717, 1.165) is 0 Å². The number of esters is 1. The quantitative estimate of drug-likeness (QED) is 0.349. The molecule has 13 heteroatoms. The molecule has 16 atom stereocenters. The van der Waals surface area contributed by atoms with Crippen molar-refractivity contribution < 1.29 is 62.7 Å². The van der Waals surface area contributed by atoms with Crippen LogP contribution in [-0.4, -0.2) is 129 Å². The molecule has 13 nitrogen and oxygen atoms in total. The zero-order chi connectivity index (χ0) is 29.3. The van der Waals surface area contributed by atoms with Gasteiger partial charge in [-0.05, 0) is 56.3 Å². The van der Waals surface area contributed by atoms with Crippen LogP contribution in [0.25, 0.3) is 0 Å². The van der Waals surface area contributed by atoms with Crippen molar-refractivity contribution in [2.75, 3.05) is 34.2 Å². The molecular formula is C29H44O13. The van der Waals surface area contributed by atoms with E-state index in [4.69, 9.17) is 42.6 Å². The summed E-state index contributed by atoms with van der Waals surface area (Å²) < 4.78 is 53.1. The Balaban J connectivity index is 1.20. The summed E-state index contributed by atoms with van der Waals surface area (Å²) in [5.74, 6) is -1.08. The number of aliphatic hydroxyl groups excluding tert-OH is 3. The SMILES string of the molecule is COC1CC([C@@H]2C3CC4OCOC4CC3C(OC3O[C@@H]4COC(C)O[C@H]4[C@H](O)[C@H]3O)C3COC(=O)[C@@H]32)CC(OC)C1O. The molecule has 42 heavy (non-hydrogen) atoms. The topological polar surface area (TPSA) is 161 Å². The van der Waals surface area contributed by atoms with Crippen LogP contribution in [0.1, 0.15) is 32.6 Å². The molecule has 4 aliphatic heterocycles. The molecule has 4 heterocycles. The predicted octanol–water partition coefficient (Wildman–Crippen LogP) is -0.433. The molecule has 0 aromatic heterocycles. The Morgan fingerprint density at radius 1 is 0.762 bits per heavy atom. The maximum absolute atomic E-state index is 13.5. The van der Waals surface area contributed by atoms with Gasteiger partial charge in [-0.2, -0.15) is 0 Å². The molecule has 7 rings (SSSR count). The Morgan fingerprint density at radius 2 is 1.45 bits per heavy atom. The third kappa shape index (κ3) is 4.93. The molecule has 7 aliphatic rings.